The van der Waals surface area contributed by atoms with E-state index in [1.807, 2.05) is 20.8 Å². The van der Waals surface area contributed by atoms with E-state index in [2.05, 4.69) is 63.2 Å². The number of benzene rings is 1. The summed E-state index contributed by atoms with van der Waals surface area (Å²) in [5.74, 6) is 0. The summed E-state index contributed by atoms with van der Waals surface area (Å²) in [6, 6.07) is 4.58. The van der Waals surface area contributed by atoms with E-state index in [9.17, 15) is 0 Å². The average Bonchev–Trinajstić information content (AvgIpc) is 3.00. The maximum atomic E-state index is 6.03. The van der Waals surface area contributed by atoms with Crippen LogP contribution < -0.4 is 20.6 Å². The van der Waals surface area contributed by atoms with Crippen LogP contribution in [0.3, 0.4) is 0 Å². The number of anilines is 1. The fourth-order valence-corrected chi connectivity index (χ4v) is 14.9. The van der Waals surface area contributed by atoms with Crippen LogP contribution >= 0.6 is 0 Å². The lowest BCUT2D eigenvalue weighted by Gasteiger charge is -2.37. The molecule has 0 aliphatic carbocycles. The van der Waals surface area contributed by atoms with Crippen molar-refractivity contribution in [1.29, 1.82) is 0 Å². The standard InChI is InChI=1S/C31H64N2O6Si5/c1-14-33(15-2)30-28(26(6)44(34-7,35-8)36-9)24-29(41(10)11)27(31(30)42(12)13)20-22-40-25-32-21-19-23-43(37-16-3,38-17-4)39-18-5/h24,26,32H,14-23,25H2,1-13H3. The van der Waals surface area contributed by atoms with E-state index in [1.54, 1.807) is 37.3 Å². The van der Waals surface area contributed by atoms with E-state index in [0.717, 1.165) is 54.2 Å². The van der Waals surface area contributed by atoms with Gasteiger partial charge in [-0.2, -0.15) is 0 Å². The van der Waals surface area contributed by atoms with Crippen molar-refractivity contribution in [1.82, 2.24) is 5.32 Å². The second-order valence-corrected chi connectivity index (χ2v) is 23.8. The largest absolute Gasteiger partial charge is 0.507 e. The number of nitrogens with one attached hydrogen (secondary N) is 1. The number of hydrogen-bond acceptors (Lipinski definition) is 8. The minimum absolute atomic E-state index is 0.0356. The molecule has 1 unspecified atom stereocenters. The topological polar surface area (TPSA) is 70.7 Å². The molecule has 1 aromatic rings. The molecular formula is C31H64N2O6Si5. The highest BCUT2D eigenvalue weighted by molar-refractivity contribution is 6.76. The lowest BCUT2D eigenvalue weighted by molar-refractivity contribution is 0.0708. The molecule has 0 saturated heterocycles. The van der Waals surface area contributed by atoms with E-state index in [-0.39, 0.29) is 5.54 Å². The fraction of sp³-hybridized carbons (Fsp3) is 0.806. The van der Waals surface area contributed by atoms with Crippen LogP contribution in [0.5, 0.6) is 0 Å². The second-order valence-electron chi connectivity index (χ2n) is 11.3. The first-order valence-corrected chi connectivity index (χ1v) is 26.7. The molecule has 1 atom stereocenters. The molecule has 1 N–H and O–H groups in total. The predicted octanol–water partition coefficient (Wildman–Crippen LogP) is 4.63. The molecule has 0 aromatic heterocycles. The Labute approximate surface area is 279 Å². The van der Waals surface area contributed by atoms with E-state index in [0.29, 0.717) is 19.8 Å². The zero-order valence-corrected chi connectivity index (χ0v) is 35.3. The third-order valence-corrected chi connectivity index (χ3v) is 18.5. The second kappa shape index (κ2) is 21.6. The van der Waals surface area contributed by atoms with Gasteiger partial charge in [-0.3, -0.25) is 0 Å². The van der Waals surface area contributed by atoms with Gasteiger partial charge in [-0.1, -0.05) is 50.4 Å². The van der Waals surface area contributed by atoms with Gasteiger partial charge in [0, 0.05) is 66.0 Å². The van der Waals surface area contributed by atoms with E-state index < -0.39 is 35.2 Å². The van der Waals surface area contributed by atoms with Gasteiger partial charge in [-0.25, -0.2) is 0 Å². The molecule has 0 spiro atoms. The first-order chi connectivity index (χ1) is 21.0. The van der Waals surface area contributed by atoms with E-state index >= 15 is 0 Å². The van der Waals surface area contributed by atoms with Gasteiger partial charge in [0.05, 0.1) is 32.7 Å². The molecule has 0 bridgehead atoms. The highest BCUT2D eigenvalue weighted by Crippen LogP contribution is 2.35. The Bertz CT molecular complexity index is 910. The van der Waals surface area contributed by atoms with Crippen LogP contribution in [-0.2, 0) is 33.0 Å². The van der Waals surface area contributed by atoms with Crippen molar-refractivity contribution < 1.29 is 26.6 Å². The fourth-order valence-electron chi connectivity index (χ4n) is 6.07. The van der Waals surface area contributed by atoms with Gasteiger partial charge in [0.15, 0.2) is 0 Å². The molecule has 44 heavy (non-hydrogen) atoms. The Kier molecular flexibility index (Phi) is 20.6. The van der Waals surface area contributed by atoms with E-state index in [4.69, 9.17) is 26.6 Å². The SMILES string of the molecule is CCO[Si](CCCNC[Si]CCc1c([Si](C)C)cc(C(C)[Si](OC)(OC)OC)c(N(CC)CC)c1[Si](C)C)(OCC)OCC. The third-order valence-electron chi connectivity index (χ3n) is 8.14. The molecule has 1 aromatic carbocycles. The van der Waals surface area contributed by atoms with Crippen LogP contribution in [0, 0.1) is 0 Å². The quantitative estimate of drug-likeness (QED) is 0.117. The summed E-state index contributed by atoms with van der Waals surface area (Å²) in [5, 5.41) is 6.87. The lowest BCUT2D eigenvalue weighted by atomic mass is 10.0. The van der Waals surface area contributed by atoms with Crippen LogP contribution in [0.4, 0.5) is 5.69 Å². The summed E-state index contributed by atoms with van der Waals surface area (Å²) in [7, 11) is -0.866. The molecule has 13 heteroatoms. The Morgan fingerprint density at radius 3 is 1.84 bits per heavy atom. The molecule has 0 aliphatic heterocycles. The molecule has 0 heterocycles. The third kappa shape index (κ3) is 11.2. The van der Waals surface area contributed by atoms with Gasteiger partial charge in [0.1, 0.15) is 0 Å². The summed E-state index contributed by atoms with van der Waals surface area (Å²) < 4.78 is 36.1. The highest BCUT2D eigenvalue weighted by atomic mass is 28.4. The lowest BCUT2D eigenvalue weighted by Crippen LogP contribution is -2.51. The smallest absolute Gasteiger partial charge is 0.376 e. The Morgan fingerprint density at radius 2 is 1.41 bits per heavy atom. The molecule has 1 rings (SSSR count). The van der Waals surface area contributed by atoms with Gasteiger partial charge in [-0.15, -0.1) is 0 Å². The molecule has 0 fully saturated rings. The van der Waals surface area contributed by atoms with Crippen molar-refractivity contribution in [2.24, 2.45) is 0 Å². The zero-order chi connectivity index (χ0) is 33.3. The van der Waals surface area contributed by atoms with Crippen molar-refractivity contribution in [2.45, 2.75) is 98.2 Å². The van der Waals surface area contributed by atoms with Crippen LogP contribution in [0.15, 0.2) is 6.07 Å². The minimum atomic E-state index is -2.90. The molecule has 254 valence electrons. The Hall–Kier alpha value is -0.176. The zero-order valence-electron chi connectivity index (χ0n) is 30.3. The van der Waals surface area contributed by atoms with Crippen LogP contribution in [0.2, 0.25) is 38.3 Å². The summed E-state index contributed by atoms with van der Waals surface area (Å²) in [5.41, 5.74) is 4.41. The maximum Gasteiger partial charge on any atom is 0.507 e. The van der Waals surface area contributed by atoms with Crippen LogP contribution in [0.1, 0.15) is 64.6 Å². The molecule has 0 saturated carbocycles. The summed E-state index contributed by atoms with van der Waals surface area (Å²) >= 11 is 0. The molecule has 4 radical (unpaired) electrons. The molecule has 8 nitrogen and oxygen atoms in total. The van der Waals surface area contributed by atoms with Gasteiger partial charge in [0.25, 0.3) is 0 Å². The first-order valence-electron chi connectivity index (χ1n) is 16.6. The Morgan fingerprint density at radius 1 is 0.864 bits per heavy atom. The van der Waals surface area contributed by atoms with Gasteiger partial charge in [-0.05, 0) is 76.5 Å². The summed E-state index contributed by atoms with van der Waals surface area (Å²) in [6.07, 6.45) is 3.18. The van der Waals surface area contributed by atoms with Gasteiger partial charge < -0.3 is 36.8 Å². The first kappa shape index (κ1) is 41.8. The van der Waals surface area contributed by atoms with E-state index in [1.165, 1.54) is 17.3 Å². The summed E-state index contributed by atoms with van der Waals surface area (Å²) in [4.78, 5) is 2.56. The van der Waals surface area contributed by atoms with Crippen LogP contribution in [-0.4, -0.2) is 112 Å². The monoisotopic (exact) mass is 700 g/mol. The van der Waals surface area contributed by atoms with Gasteiger partial charge >= 0.3 is 17.6 Å². The van der Waals surface area contributed by atoms with Crippen molar-refractivity contribution >= 4 is 60.8 Å². The number of hydrogen-bond donors (Lipinski definition) is 1. The molecular weight excluding hydrogens is 637 g/mol. The Balaban J connectivity index is 3.22. The minimum Gasteiger partial charge on any atom is -0.376 e. The number of nitrogens with zero attached hydrogens (tertiary/aromatic N) is 1. The van der Waals surface area contributed by atoms with Gasteiger partial charge in [0.2, 0.25) is 0 Å². The van der Waals surface area contributed by atoms with Crippen molar-refractivity contribution in [3.05, 3.63) is 17.2 Å². The van der Waals surface area contributed by atoms with Crippen molar-refractivity contribution in [3.63, 3.8) is 0 Å². The van der Waals surface area contributed by atoms with Crippen molar-refractivity contribution in [2.75, 3.05) is 71.9 Å². The summed E-state index contributed by atoms with van der Waals surface area (Å²) in [6.45, 7) is 27.4. The predicted molar refractivity (Wildman–Crippen MR) is 197 cm³/mol. The maximum absolute atomic E-state index is 6.03. The normalized spacial score (nSPS) is 13.3. The average molecular weight is 701 g/mol. The highest BCUT2D eigenvalue weighted by Gasteiger charge is 2.47. The number of rotatable bonds is 25. The van der Waals surface area contributed by atoms with Crippen molar-refractivity contribution in [3.8, 4) is 0 Å². The van der Waals surface area contributed by atoms with Crippen LogP contribution in [0.25, 0.3) is 0 Å². The molecule has 0 aliphatic rings. The molecule has 0 amide bonds.